The van der Waals surface area contributed by atoms with Gasteiger partial charge in [-0.25, -0.2) is 8.42 Å². The third-order valence-electron chi connectivity index (χ3n) is 4.10. The lowest BCUT2D eigenvalue weighted by Gasteiger charge is -2.38. The molecule has 5 nitrogen and oxygen atoms in total. The number of piperazine rings is 1. The highest BCUT2D eigenvalue weighted by atomic mass is 32.2. The van der Waals surface area contributed by atoms with Crippen LogP contribution in [0.2, 0.25) is 0 Å². The van der Waals surface area contributed by atoms with Crippen LogP contribution in [0.1, 0.15) is 13.3 Å². The fourth-order valence-electron chi connectivity index (χ4n) is 2.89. The molecule has 0 spiro atoms. The highest BCUT2D eigenvalue weighted by Crippen LogP contribution is 2.19. The summed E-state index contributed by atoms with van der Waals surface area (Å²) in [7, 11) is -2.75. The summed E-state index contributed by atoms with van der Waals surface area (Å²) in [6, 6.07) is 0.268. The maximum absolute atomic E-state index is 11.5. The third kappa shape index (κ3) is 3.66. The standard InChI is InChI=1S/C12H25N3O2S/c1-11(8-13)9-14-3-5-15(6-4-14)12-2-7-18(16,17)10-12/h11-12H,2-10,13H2,1H3. The van der Waals surface area contributed by atoms with E-state index in [-0.39, 0.29) is 6.04 Å². The summed E-state index contributed by atoms with van der Waals surface area (Å²) in [5.74, 6) is 1.29. The van der Waals surface area contributed by atoms with Crippen LogP contribution in [0, 0.1) is 5.92 Å². The van der Waals surface area contributed by atoms with Gasteiger partial charge >= 0.3 is 0 Å². The topological polar surface area (TPSA) is 66.6 Å². The maximum Gasteiger partial charge on any atom is 0.151 e. The van der Waals surface area contributed by atoms with Crippen LogP contribution < -0.4 is 5.73 Å². The highest BCUT2D eigenvalue weighted by molar-refractivity contribution is 7.91. The summed E-state index contributed by atoms with van der Waals surface area (Å²) in [6.07, 6.45) is 0.821. The van der Waals surface area contributed by atoms with Crippen LogP contribution in [0.15, 0.2) is 0 Å². The lowest BCUT2D eigenvalue weighted by atomic mass is 10.1. The molecule has 2 saturated heterocycles. The van der Waals surface area contributed by atoms with Crippen molar-refractivity contribution >= 4 is 9.84 Å². The van der Waals surface area contributed by atoms with E-state index in [1.54, 1.807) is 0 Å². The Labute approximate surface area is 110 Å². The van der Waals surface area contributed by atoms with Crippen molar-refractivity contribution in [1.29, 1.82) is 0 Å². The Hall–Kier alpha value is -0.170. The molecule has 2 rings (SSSR count). The van der Waals surface area contributed by atoms with Gasteiger partial charge in [0.05, 0.1) is 11.5 Å². The zero-order chi connectivity index (χ0) is 13.2. The van der Waals surface area contributed by atoms with Crippen molar-refractivity contribution < 1.29 is 8.42 Å². The average molecular weight is 275 g/mol. The van der Waals surface area contributed by atoms with Gasteiger partial charge in [-0.2, -0.15) is 0 Å². The molecule has 0 aromatic carbocycles. The number of nitrogens with two attached hydrogens (primary N) is 1. The summed E-state index contributed by atoms with van der Waals surface area (Å²) in [6.45, 7) is 8.06. The van der Waals surface area contributed by atoms with Gasteiger partial charge < -0.3 is 10.6 Å². The Morgan fingerprint density at radius 2 is 1.94 bits per heavy atom. The fourth-order valence-corrected chi connectivity index (χ4v) is 4.65. The first-order valence-corrected chi connectivity index (χ1v) is 8.69. The lowest BCUT2D eigenvalue weighted by molar-refractivity contribution is 0.0959. The predicted octanol–water partition coefficient (Wildman–Crippen LogP) is -0.614. The summed E-state index contributed by atoms with van der Waals surface area (Å²) in [4.78, 5) is 4.80. The van der Waals surface area contributed by atoms with Crippen molar-refractivity contribution in [3.63, 3.8) is 0 Å². The third-order valence-corrected chi connectivity index (χ3v) is 5.85. The summed E-state index contributed by atoms with van der Waals surface area (Å²) < 4.78 is 23.0. The minimum atomic E-state index is -2.75. The number of hydrogen-bond donors (Lipinski definition) is 1. The molecule has 2 aliphatic heterocycles. The van der Waals surface area contributed by atoms with Gasteiger partial charge in [0.1, 0.15) is 0 Å². The highest BCUT2D eigenvalue weighted by Gasteiger charge is 2.33. The molecule has 18 heavy (non-hydrogen) atoms. The van der Waals surface area contributed by atoms with Crippen molar-refractivity contribution in [1.82, 2.24) is 9.80 Å². The van der Waals surface area contributed by atoms with Crippen molar-refractivity contribution in [2.75, 3.05) is 50.8 Å². The van der Waals surface area contributed by atoms with Gasteiger partial charge in [0, 0.05) is 38.8 Å². The number of sulfone groups is 1. The Kier molecular flexibility index (Phi) is 4.64. The van der Waals surface area contributed by atoms with Gasteiger partial charge in [-0.15, -0.1) is 0 Å². The molecular weight excluding hydrogens is 250 g/mol. The van der Waals surface area contributed by atoms with E-state index in [1.807, 2.05) is 0 Å². The van der Waals surface area contributed by atoms with Gasteiger partial charge in [0.25, 0.3) is 0 Å². The van der Waals surface area contributed by atoms with E-state index in [1.165, 1.54) is 0 Å². The first kappa shape index (κ1) is 14.2. The van der Waals surface area contributed by atoms with Crippen LogP contribution in [0.5, 0.6) is 0 Å². The van der Waals surface area contributed by atoms with Crippen molar-refractivity contribution in [2.45, 2.75) is 19.4 Å². The molecule has 0 aliphatic carbocycles. The van der Waals surface area contributed by atoms with Crippen LogP contribution >= 0.6 is 0 Å². The Balaban J connectivity index is 1.77. The molecule has 2 N–H and O–H groups in total. The molecule has 0 saturated carbocycles. The smallest absolute Gasteiger partial charge is 0.151 e. The van der Waals surface area contributed by atoms with Crippen molar-refractivity contribution in [2.24, 2.45) is 11.7 Å². The maximum atomic E-state index is 11.5. The van der Waals surface area contributed by atoms with E-state index >= 15 is 0 Å². The molecule has 0 aromatic heterocycles. The molecular formula is C12H25N3O2S. The van der Waals surface area contributed by atoms with E-state index in [0.29, 0.717) is 17.4 Å². The van der Waals surface area contributed by atoms with E-state index in [2.05, 4.69) is 16.7 Å². The minimum Gasteiger partial charge on any atom is -0.330 e. The van der Waals surface area contributed by atoms with Crippen molar-refractivity contribution in [3.8, 4) is 0 Å². The van der Waals surface area contributed by atoms with Gasteiger partial charge in [0.2, 0.25) is 0 Å². The number of hydrogen-bond acceptors (Lipinski definition) is 5. The van der Waals surface area contributed by atoms with Crippen molar-refractivity contribution in [3.05, 3.63) is 0 Å². The first-order chi connectivity index (χ1) is 8.50. The second-order valence-corrected chi connectivity index (χ2v) is 7.96. The van der Waals surface area contributed by atoms with E-state index in [4.69, 9.17) is 5.73 Å². The normalized spacial score (nSPS) is 31.6. The zero-order valence-corrected chi connectivity index (χ0v) is 12.0. The summed E-state index contributed by atoms with van der Waals surface area (Å²) >= 11 is 0. The van der Waals surface area contributed by atoms with E-state index in [9.17, 15) is 8.42 Å². The largest absolute Gasteiger partial charge is 0.330 e. The SMILES string of the molecule is CC(CN)CN1CCN(C2CCS(=O)(=O)C2)CC1. The van der Waals surface area contributed by atoms with Gasteiger partial charge in [-0.05, 0) is 18.9 Å². The van der Waals surface area contributed by atoms with Crippen LogP contribution in [-0.4, -0.2) is 75.0 Å². The molecule has 2 heterocycles. The molecule has 106 valence electrons. The number of nitrogens with zero attached hydrogens (tertiary/aromatic N) is 2. The average Bonchev–Trinajstić information content (AvgIpc) is 2.70. The van der Waals surface area contributed by atoms with Gasteiger partial charge in [-0.3, -0.25) is 4.90 Å². The van der Waals surface area contributed by atoms with E-state index in [0.717, 1.165) is 45.7 Å². The summed E-state index contributed by atoms with van der Waals surface area (Å²) in [5.41, 5.74) is 5.64. The molecule has 2 aliphatic rings. The monoisotopic (exact) mass is 275 g/mol. The lowest BCUT2D eigenvalue weighted by Crippen LogP contribution is -2.51. The Morgan fingerprint density at radius 3 is 2.44 bits per heavy atom. The minimum absolute atomic E-state index is 0.268. The molecule has 2 unspecified atom stereocenters. The van der Waals surface area contributed by atoms with Crippen LogP contribution in [0.25, 0.3) is 0 Å². The Bertz CT molecular complexity index is 364. The Morgan fingerprint density at radius 1 is 1.28 bits per heavy atom. The van der Waals surface area contributed by atoms with E-state index < -0.39 is 9.84 Å². The summed E-state index contributed by atoms with van der Waals surface area (Å²) in [5, 5.41) is 0. The van der Waals surface area contributed by atoms with Gasteiger partial charge in [0.15, 0.2) is 9.84 Å². The second-order valence-electron chi connectivity index (χ2n) is 5.73. The van der Waals surface area contributed by atoms with Crippen LogP contribution in [0.3, 0.4) is 0 Å². The molecule has 2 atom stereocenters. The number of rotatable bonds is 4. The first-order valence-electron chi connectivity index (χ1n) is 6.87. The van der Waals surface area contributed by atoms with Gasteiger partial charge in [-0.1, -0.05) is 6.92 Å². The molecule has 0 amide bonds. The van der Waals surface area contributed by atoms with Crippen LogP contribution in [-0.2, 0) is 9.84 Å². The quantitative estimate of drug-likeness (QED) is 0.741. The van der Waals surface area contributed by atoms with Crippen LogP contribution in [0.4, 0.5) is 0 Å². The molecule has 6 heteroatoms. The predicted molar refractivity (Wildman–Crippen MR) is 73.3 cm³/mol. The fraction of sp³-hybridized carbons (Fsp3) is 1.00. The molecule has 0 bridgehead atoms. The molecule has 0 aromatic rings. The molecule has 2 fully saturated rings. The molecule has 0 radical (unpaired) electrons. The second kappa shape index (κ2) is 5.86. The zero-order valence-electron chi connectivity index (χ0n) is 11.2.